The number of anilines is 1. The van der Waals surface area contributed by atoms with Gasteiger partial charge in [-0.05, 0) is 12.0 Å². The van der Waals surface area contributed by atoms with Crippen LogP contribution in [0.2, 0.25) is 0 Å². The standard InChI is InChI=1S/C16H17F3N2O2/c1-9(2)8-21-13-7-14-12(20-3-4-23-14)5-10(13)11(6-15(21)22)16(17,18)19/h5-7,9,20H,3-4,8H2,1-2H3. The molecule has 2 heterocycles. The number of fused-ring (bicyclic) bond motifs is 2. The summed E-state index contributed by atoms with van der Waals surface area (Å²) in [5.74, 6) is 0.600. The van der Waals surface area contributed by atoms with Crippen molar-refractivity contribution in [2.75, 3.05) is 18.5 Å². The average Bonchev–Trinajstić information content (AvgIpc) is 2.46. The van der Waals surface area contributed by atoms with Crippen LogP contribution in [-0.4, -0.2) is 17.7 Å². The number of rotatable bonds is 2. The van der Waals surface area contributed by atoms with Gasteiger partial charge in [-0.3, -0.25) is 4.79 Å². The Balaban J connectivity index is 2.36. The second kappa shape index (κ2) is 5.47. The van der Waals surface area contributed by atoms with Crippen molar-refractivity contribution in [1.82, 2.24) is 4.57 Å². The summed E-state index contributed by atoms with van der Waals surface area (Å²) in [6.45, 7) is 5.13. The smallest absolute Gasteiger partial charge is 0.417 e. The fourth-order valence-corrected chi connectivity index (χ4v) is 2.80. The molecule has 1 aromatic heterocycles. The van der Waals surface area contributed by atoms with Gasteiger partial charge in [0.25, 0.3) is 5.56 Å². The number of aromatic nitrogens is 1. The van der Waals surface area contributed by atoms with Gasteiger partial charge in [0.1, 0.15) is 12.4 Å². The van der Waals surface area contributed by atoms with Gasteiger partial charge in [0.15, 0.2) is 0 Å². The molecular formula is C16H17F3N2O2. The third-order valence-corrected chi connectivity index (χ3v) is 3.74. The first-order valence-electron chi connectivity index (χ1n) is 7.43. The summed E-state index contributed by atoms with van der Waals surface area (Å²) in [4.78, 5) is 12.2. The van der Waals surface area contributed by atoms with Crippen LogP contribution in [0.3, 0.4) is 0 Å². The minimum Gasteiger partial charge on any atom is -0.490 e. The minimum atomic E-state index is -4.59. The molecule has 0 amide bonds. The molecule has 0 atom stereocenters. The number of nitrogens with one attached hydrogen (secondary N) is 1. The maximum atomic E-state index is 13.3. The van der Waals surface area contributed by atoms with Gasteiger partial charge in [-0.1, -0.05) is 13.8 Å². The largest absolute Gasteiger partial charge is 0.490 e. The Morgan fingerprint density at radius 1 is 1.30 bits per heavy atom. The molecule has 23 heavy (non-hydrogen) atoms. The lowest BCUT2D eigenvalue weighted by molar-refractivity contribution is -0.136. The van der Waals surface area contributed by atoms with Crippen LogP contribution in [-0.2, 0) is 12.7 Å². The van der Waals surface area contributed by atoms with E-state index in [1.165, 1.54) is 16.7 Å². The Morgan fingerprint density at radius 3 is 2.70 bits per heavy atom. The van der Waals surface area contributed by atoms with E-state index in [-0.39, 0.29) is 16.8 Å². The number of ether oxygens (including phenoxy) is 1. The highest BCUT2D eigenvalue weighted by Gasteiger charge is 2.34. The lowest BCUT2D eigenvalue weighted by Crippen LogP contribution is -2.26. The molecule has 1 N–H and O–H groups in total. The van der Waals surface area contributed by atoms with Crippen molar-refractivity contribution < 1.29 is 17.9 Å². The van der Waals surface area contributed by atoms with E-state index in [0.717, 1.165) is 0 Å². The van der Waals surface area contributed by atoms with Gasteiger partial charge in [0, 0.05) is 30.6 Å². The molecule has 0 radical (unpaired) electrons. The lowest BCUT2D eigenvalue weighted by atomic mass is 10.1. The summed E-state index contributed by atoms with van der Waals surface area (Å²) in [5.41, 5.74) is -0.792. The van der Waals surface area contributed by atoms with E-state index in [1.54, 1.807) is 0 Å². The number of hydrogen-bond donors (Lipinski definition) is 1. The van der Waals surface area contributed by atoms with Gasteiger partial charge < -0.3 is 14.6 Å². The van der Waals surface area contributed by atoms with Crippen molar-refractivity contribution in [3.05, 3.63) is 34.1 Å². The number of alkyl halides is 3. The maximum Gasteiger partial charge on any atom is 0.417 e. The second-order valence-corrected chi connectivity index (χ2v) is 6.04. The van der Waals surface area contributed by atoms with E-state index in [2.05, 4.69) is 5.32 Å². The Morgan fingerprint density at radius 2 is 2.04 bits per heavy atom. The molecule has 2 aromatic rings. The average molecular weight is 326 g/mol. The summed E-state index contributed by atoms with van der Waals surface area (Å²) in [5, 5.41) is 3.04. The Bertz CT molecular complexity index is 810. The summed E-state index contributed by atoms with van der Waals surface area (Å²) >= 11 is 0. The van der Waals surface area contributed by atoms with Crippen LogP contribution in [0.15, 0.2) is 23.0 Å². The SMILES string of the molecule is CC(C)Cn1c(=O)cc(C(F)(F)F)c2cc3c(cc21)OCCN3. The first kappa shape index (κ1) is 15.7. The van der Waals surface area contributed by atoms with Gasteiger partial charge in [-0.2, -0.15) is 13.2 Å². The normalized spacial score (nSPS) is 14.5. The summed E-state index contributed by atoms with van der Waals surface area (Å²) in [6.07, 6.45) is -4.59. The maximum absolute atomic E-state index is 13.3. The predicted molar refractivity (Wildman–Crippen MR) is 82.0 cm³/mol. The Hall–Kier alpha value is -2.18. The molecule has 0 spiro atoms. The summed E-state index contributed by atoms with van der Waals surface area (Å²) < 4.78 is 46.9. The van der Waals surface area contributed by atoms with Crippen LogP contribution < -0.4 is 15.6 Å². The van der Waals surface area contributed by atoms with E-state index >= 15 is 0 Å². The molecule has 0 bridgehead atoms. The molecule has 7 heteroatoms. The van der Waals surface area contributed by atoms with Crippen molar-refractivity contribution in [2.24, 2.45) is 5.92 Å². The molecule has 3 rings (SSSR count). The van der Waals surface area contributed by atoms with Crippen LogP contribution in [0.25, 0.3) is 10.9 Å². The number of nitrogens with zero attached hydrogens (tertiary/aromatic N) is 1. The molecule has 0 unspecified atom stereocenters. The summed E-state index contributed by atoms with van der Waals surface area (Å²) in [6, 6.07) is 3.62. The van der Waals surface area contributed by atoms with Crippen molar-refractivity contribution >= 4 is 16.6 Å². The van der Waals surface area contributed by atoms with Gasteiger partial charge >= 0.3 is 6.18 Å². The highest BCUT2D eigenvalue weighted by molar-refractivity contribution is 5.89. The van der Waals surface area contributed by atoms with E-state index in [4.69, 9.17) is 4.74 Å². The fraction of sp³-hybridized carbons (Fsp3) is 0.438. The monoisotopic (exact) mass is 326 g/mol. The highest BCUT2D eigenvalue weighted by atomic mass is 19.4. The van der Waals surface area contributed by atoms with E-state index < -0.39 is 17.3 Å². The van der Waals surface area contributed by atoms with Crippen LogP contribution in [0, 0.1) is 5.92 Å². The third kappa shape index (κ3) is 2.87. The number of halogens is 3. The van der Waals surface area contributed by atoms with Crippen molar-refractivity contribution in [2.45, 2.75) is 26.6 Å². The van der Waals surface area contributed by atoms with Crippen molar-refractivity contribution in [1.29, 1.82) is 0 Å². The number of pyridine rings is 1. The first-order valence-corrected chi connectivity index (χ1v) is 7.43. The fourth-order valence-electron chi connectivity index (χ4n) is 2.80. The van der Waals surface area contributed by atoms with E-state index in [1.807, 2.05) is 13.8 Å². The third-order valence-electron chi connectivity index (χ3n) is 3.74. The van der Waals surface area contributed by atoms with Crippen LogP contribution >= 0.6 is 0 Å². The van der Waals surface area contributed by atoms with Crippen LogP contribution in [0.1, 0.15) is 19.4 Å². The molecule has 0 fully saturated rings. The van der Waals surface area contributed by atoms with Crippen molar-refractivity contribution in [3.63, 3.8) is 0 Å². The molecule has 0 saturated heterocycles. The van der Waals surface area contributed by atoms with Gasteiger partial charge in [0.05, 0.1) is 16.8 Å². The quantitative estimate of drug-likeness (QED) is 0.919. The first-order chi connectivity index (χ1) is 10.8. The van der Waals surface area contributed by atoms with Gasteiger partial charge in [-0.25, -0.2) is 0 Å². The molecule has 0 aliphatic carbocycles. The number of hydrogen-bond acceptors (Lipinski definition) is 3. The predicted octanol–water partition coefficient (Wildman–Crippen LogP) is 3.48. The summed E-state index contributed by atoms with van der Waals surface area (Å²) in [7, 11) is 0. The molecule has 0 saturated carbocycles. The Kier molecular flexibility index (Phi) is 3.74. The topological polar surface area (TPSA) is 43.3 Å². The highest BCUT2D eigenvalue weighted by Crippen LogP contribution is 2.38. The molecule has 124 valence electrons. The van der Waals surface area contributed by atoms with E-state index in [9.17, 15) is 18.0 Å². The van der Waals surface area contributed by atoms with Gasteiger partial charge in [0.2, 0.25) is 0 Å². The molecule has 1 aromatic carbocycles. The lowest BCUT2D eigenvalue weighted by Gasteiger charge is -2.23. The van der Waals surface area contributed by atoms with Gasteiger partial charge in [-0.15, -0.1) is 0 Å². The molecule has 1 aliphatic heterocycles. The minimum absolute atomic E-state index is 0.00880. The zero-order valence-electron chi connectivity index (χ0n) is 12.8. The molecular weight excluding hydrogens is 309 g/mol. The van der Waals surface area contributed by atoms with E-state index in [0.29, 0.717) is 37.2 Å². The zero-order valence-corrected chi connectivity index (χ0v) is 12.8. The van der Waals surface area contributed by atoms with Crippen LogP contribution in [0.5, 0.6) is 5.75 Å². The van der Waals surface area contributed by atoms with Crippen LogP contribution in [0.4, 0.5) is 18.9 Å². The zero-order chi connectivity index (χ0) is 16.8. The number of benzene rings is 1. The molecule has 4 nitrogen and oxygen atoms in total. The van der Waals surface area contributed by atoms with Crippen molar-refractivity contribution in [3.8, 4) is 5.75 Å². The second-order valence-electron chi connectivity index (χ2n) is 6.04. The Labute approximate surface area is 130 Å². The molecule has 1 aliphatic rings.